The molecule has 0 radical (unpaired) electrons. The number of benzene rings is 1. The first-order chi connectivity index (χ1) is 13.2. The SMILES string of the molecule is Cc1cc(OC(F)F)ccc1NC(=O)c1ccn(Cn2nc(C)c(Cl)c2C)n1. The van der Waals surface area contributed by atoms with Gasteiger partial charge in [-0.15, -0.1) is 0 Å². The van der Waals surface area contributed by atoms with Crippen LogP contribution in [0.25, 0.3) is 0 Å². The van der Waals surface area contributed by atoms with Gasteiger partial charge in [0.05, 0.1) is 16.4 Å². The molecular weight excluding hydrogens is 392 g/mol. The first-order valence-electron chi connectivity index (χ1n) is 8.34. The lowest BCUT2D eigenvalue weighted by atomic mass is 10.2. The molecule has 0 fully saturated rings. The second-order valence-corrected chi connectivity index (χ2v) is 6.55. The number of ether oxygens (including phenoxy) is 1. The first kappa shape index (κ1) is 19.8. The van der Waals surface area contributed by atoms with Crippen molar-refractivity contribution in [3.63, 3.8) is 0 Å². The molecule has 3 aromatic rings. The maximum atomic E-state index is 12.4. The molecule has 0 aliphatic heterocycles. The summed E-state index contributed by atoms with van der Waals surface area (Å²) >= 11 is 6.14. The molecule has 28 heavy (non-hydrogen) atoms. The number of nitrogens with one attached hydrogen (secondary N) is 1. The Hall–Kier alpha value is -2.94. The van der Waals surface area contributed by atoms with E-state index in [2.05, 4.69) is 20.3 Å². The lowest BCUT2D eigenvalue weighted by molar-refractivity contribution is -0.0498. The monoisotopic (exact) mass is 409 g/mol. The van der Waals surface area contributed by atoms with Gasteiger partial charge in [-0.3, -0.25) is 9.48 Å². The van der Waals surface area contributed by atoms with E-state index in [-0.39, 0.29) is 11.4 Å². The predicted molar refractivity (Wildman–Crippen MR) is 100 cm³/mol. The van der Waals surface area contributed by atoms with Crippen LogP contribution in [0.15, 0.2) is 30.5 Å². The maximum Gasteiger partial charge on any atom is 0.387 e. The highest BCUT2D eigenvalue weighted by atomic mass is 35.5. The van der Waals surface area contributed by atoms with Crippen LogP contribution in [0.4, 0.5) is 14.5 Å². The van der Waals surface area contributed by atoms with E-state index in [9.17, 15) is 13.6 Å². The molecule has 1 N–H and O–H groups in total. The fraction of sp³-hybridized carbons (Fsp3) is 0.278. The van der Waals surface area contributed by atoms with Gasteiger partial charge in [0.15, 0.2) is 5.69 Å². The van der Waals surface area contributed by atoms with Gasteiger partial charge in [-0.1, -0.05) is 11.6 Å². The van der Waals surface area contributed by atoms with Crippen molar-refractivity contribution in [2.45, 2.75) is 34.1 Å². The zero-order chi connectivity index (χ0) is 20.4. The Labute approximate surface area is 164 Å². The molecular formula is C18H18ClF2N5O2. The number of amides is 1. The Morgan fingerprint density at radius 1 is 1.25 bits per heavy atom. The third-order valence-corrected chi connectivity index (χ3v) is 4.66. The second kappa shape index (κ2) is 7.97. The zero-order valence-electron chi connectivity index (χ0n) is 15.4. The molecule has 0 bridgehead atoms. The van der Waals surface area contributed by atoms with Crippen molar-refractivity contribution >= 4 is 23.2 Å². The number of aromatic nitrogens is 4. The van der Waals surface area contributed by atoms with Gasteiger partial charge in [0.25, 0.3) is 5.91 Å². The molecule has 0 atom stereocenters. The van der Waals surface area contributed by atoms with E-state index in [0.717, 1.165) is 11.4 Å². The van der Waals surface area contributed by atoms with Gasteiger partial charge in [-0.25, -0.2) is 4.68 Å². The van der Waals surface area contributed by atoms with Crippen molar-refractivity contribution < 1.29 is 18.3 Å². The third kappa shape index (κ3) is 4.30. The number of halogens is 3. The number of hydrogen-bond donors (Lipinski definition) is 1. The molecule has 148 valence electrons. The van der Waals surface area contributed by atoms with Crippen LogP contribution in [0.1, 0.15) is 27.4 Å². The predicted octanol–water partition coefficient (Wildman–Crippen LogP) is 4.02. The minimum atomic E-state index is -2.90. The fourth-order valence-corrected chi connectivity index (χ4v) is 2.79. The Balaban J connectivity index is 1.69. The summed E-state index contributed by atoms with van der Waals surface area (Å²) in [5, 5.41) is 11.9. The van der Waals surface area contributed by atoms with Crippen LogP contribution >= 0.6 is 11.6 Å². The summed E-state index contributed by atoms with van der Waals surface area (Å²) in [6.07, 6.45) is 1.66. The molecule has 1 aromatic carbocycles. The van der Waals surface area contributed by atoms with Crippen LogP contribution in [-0.4, -0.2) is 32.1 Å². The lowest BCUT2D eigenvalue weighted by Gasteiger charge is -2.10. The zero-order valence-corrected chi connectivity index (χ0v) is 16.2. The van der Waals surface area contributed by atoms with Crippen LogP contribution in [0.3, 0.4) is 0 Å². The van der Waals surface area contributed by atoms with Crippen LogP contribution in [-0.2, 0) is 6.67 Å². The quantitative estimate of drug-likeness (QED) is 0.667. The number of carbonyl (C=O) groups is 1. The van der Waals surface area contributed by atoms with E-state index < -0.39 is 12.5 Å². The minimum absolute atomic E-state index is 0.0262. The smallest absolute Gasteiger partial charge is 0.387 e. The first-order valence-corrected chi connectivity index (χ1v) is 8.72. The van der Waals surface area contributed by atoms with Gasteiger partial charge in [-0.2, -0.15) is 19.0 Å². The molecule has 1 amide bonds. The van der Waals surface area contributed by atoms with E-state index in [4.69, 9.17) is 11.6 Å². The molecule has 10 heteroatoms. The summed E-state index contributed by atoms with van der Waals surface area (Å²) in [7, 11) is 0. The number of nitrogens with zero attached hydrogens (tertiary/aromatic N) is 4. The molecule has 7 nitrogen and oxygen atoms in total. The molecule has 0 aliphatic carbocycles. The Kier molecular flexibility index (Phi) is 5.64. The topological polar surface area (TPSA) is 74.0 Å². The van der Waals surface area contributed by atoms with Crippen molar-refractivity contribution in [1.82, 2.24) is 19.6 Å². The summed E-state index contributed by atoms with van der Waals surface area (Å²) in [4.78, 5) is 12.4. The highest BCUT2D eigenvalue weighted by Gasteiger charge is 2.14. The normalized spacial score (nSPS) is 11.1. The molecule has 2 aromatic heterocycles. The van der Waals surface area contributed by atoms with Gasteiger partial charge >= 0.3 is 6.61 Å². The Bertz CT molecular complexity index is 1020. The fourth-order valence-electron chi connectivity index (χ4n) is 2.65. The van der Waals surface area contributed by atoms with E-state index in [0.29, 0.717) is 22.9 Å². The van der Waals surface area contributed by atoms with Gasteiger partial charge in [0, 0.05) is 11.9 Å². The average molecular weight is 410 g/mol. The third-order valence-electron chi connectivity index (χ3n) is 4.12. The van der Waals surface area contributed by atoms with E-state index in [1.807, 2.05) is 13.8 Å². The molecule has 0 saturated carbocycles. The van der Waals surface area contributed by atoms with Crippen LogP contribution in [0, 0.1) is 20.8 Å². The molecule has 2 heterocycles. The minimum Gasteiger partial charge on any atom is -0.435 e. The van der Waals surface area contributed by atoms with Crippen LogP contribution in [0.5, 0.6) is 5.75 Å². The van der Waals surface area contributed by atoms with Crippen molar-refractivity contribution in [3.05, 3.63) is 58.1 Å². The number of carbonyl (C=O) groups excluding carboxylic acids is 1. The van der Waals surface area contributed by atoms with E-state index >= 15 is 0 Å². The number of hydrogen-bond acceptors (Lipinski definition) is 4. The Morgan fingerprint density at radius 2 is 2.00 bits per heavy atom. The van der Waals surface area contributed by atoms with Crippen LogP contribution in [0.2, 0.25) is 5.02 Å². The molecule has 3 rings (SSSR count). The van der Waals surface area contributed by atoms with Gasteiger partial charge < -0.3 is 10.1 Å². The largest absolute Gasteiger partial charge is 0.435 e. The highest BCUT2D eigenvalue weighted by molar-refractivity contribution is 6.31. The molecule has 0 unspecified atom stereocenters. The average Bonchev–Trinajstić information content (AvgIpc) is 3.18. The highest BCUT2D eigenvalue weighted by Crippen LogP contribution is 2.23. The standard InChI is InChI=1S/C18H18ClF2N5O2/c1-10-8-13(28-18(20)21)4-5-14(10)22-17(27)15-6-7-25(24-15)9-26-12(3)16(19)11(2)23-26/h4-8,18H,9H2,1-3H3,(H,22,27). The van der Waals surface area contributed by atoms with E-state index in [1.165, 1.54) is 18.2 Å². The summed E-state index contributed by atoms with van der Waals surface area (Å²) in [6.45, 7) is 2.75. The summed E-state index contributed by atoms with van der Waals surface area (Å²) in [6, 6.07) is 5.86. The van der Waals surface area contributed by atoms with Crippen molar-refractivity contribution in [3.8, 4) is 5.75 Å². The van der Waals surface area contributed by atoms with Gasteiger partial charge in [0.1, 0.15) is 12.4 Å². The van der Waals surface area contributed by atoms with Crippen molar-refractivity contribution in [2.24, 2.45) is 0 Å². The molecule has 0 saturated heterocycles. The van der Waals surface area contributed by atoms with Crippen LogP contribution < -0.4 is 10.1 Å². The van der Waals surface area contributed by atoms with Gasteiger partial charge in [-0.05, 0) is 50.6 Å². The lowest BCUT2D eigenvalue weighted by Crippen LogP contribution is -2.16. The summed E-state index contributed by atoms with van der Waals surface area (Å²) in [5.74, 6) is -0.394. The maximum absolute atomic E-state index is 12.4. The number of alkyl halides is 2. The van der Waals surface area contributed by atoms with Gasteiger partial charge in [0.2, 0.25) is 0 Å². The summed E-state index contributed by atoms with van der Waals surface area (Å²) < 4.78 is 32.1. The molecule has 0 spiro atoms. The molecule has 0 aliphatic rings. The Morgan fingerprint density at radius 3 is 2.61 bits per heavy atom. The number of rotatable bonds is 6. The van der Waals surface area contributed by atoms with Crippen molar-refractivity contribution in [1.29, 1.82) is 0 Å². The van der Waals surface area contributed by atoms with E-state index in [1.54, 1.807) is 28.6 Å². The second-order valence-electron chi connectivity index (χ2n) is 6.18. The summed E-state index contributed by atoms with van der Waals surface area (Å²) in [5.41, 5.74) is 2.80. The number of aryl methyl sites for hydroxylation is 2. The number of anilines is 1. The van der Waals surface area contributed by atoms with Crippen molar-refractivity contribution in [2.75, 3.05) is 5.32 Å².